The van der Waals surface area contributed by atoms with Crippen molar-refractivity contribution in [2.75, 3.05) is 18.8 Å². The normalized spacial score (nSPS) is 22.8. The van der Waals surface area contributed by atoms with E-state index in [1.807, 2.05) is 0 Å². The summed E-state index contributed by atoms with van der Waals surface area (Å²) in [5, 5.41) is 18.7. The minimum atomic E-state index is -0.839. The highest BCUT2D eigenvalue weighted by atomic mass is 32.2. The fourth-order valence-corrected chi connectivity index (χ4v) is 2.76. The number of aliphatic hydroxyl groups is 2. The lowest BCUT2D eigenvalue weighted by molar-refractivity contribution is -0.130. The van der Waals surface area contributed by atoms with Gasteiger partial charge in [-0.1, -0.05) is 0 Å². The van der Waals surface area contributed by atoms with Crippen molar-refractivity contribution in [2.45, 2.75) is 23.5 Å². The summed E-state index contributed by atoms with van der Waals surface area (Å²) in [6.45, 7) is 0.391. The molecule has 2 N–H and O–H groups in total. The van der Waals surface area contributed by atoms with Gasteiger partial charge in [0.05, 0.1) is 12.2 Å². The summed E-state index contributed by atoms with van der Waals surface area (Å²) in [6.07, 6.45) is -1.34. The second-order valence-corrected chi connectivity index (χ2v) is 5.65. The van der Waals surface area contributed by atoms with Crippen LogP contribution in [0.1, 0.15) is 6.42 Å². The lowest BCUT2D eigenvalue weighted by Crippen LogP contribution is -2.29. The number of carbonyl (C=O) groups excluding carboxylic acids is 1. The maximum atomic E-state index is 12.7. The highest BCUT2D eigenvalue weighted by Crippen LogP contribution is 2.20. The number of carbonyl (C=O) groups is 1. The molecule has 1 aliphatic heterocycles. The van der Waals surface area contributed by atoms with Crippen molar-refractivity contribution in [1.82, 2.24) is 4.90 Å². The van der Waals surface area contributed by atoms with Gasteiger partial charge in [0.2, 0.25) is 5.91 Å². The second-order valence-electron chi connectivity index (χ2n) is 4.49. The summed E-state index contributed by atoms with van der Waals surface area (Å²) in [7, 11) is 0. The Morgan fingerprint density at radius 3 is 2.42 bits per heavy atom. The van der Waals surface area contributed by atoms with Gasteiger partial charge in [-0.2, -0.15) is 0 Å². The zero-order chi connectivity index (χ0) is 13.8. The molecule has 0 spiro atoms. The fourth-order valence-electron chi connectivity index (χ4n) is 1.92. The molecule has 1 aromatic carbocycles. The number of likely N-dealkylation sites (tertiary alicyclic amines) is 1. The number of thioether (sulfide) groups is 1. The van der Waals surface area contributed by atoms with Crippen LogP contribution in [0.2, 0.25) is 0 Å². The van der Waals surface area contributed by atoms with Crippen LogP contribution in [0.3, 0.4) is 0 Å². The standard InChI is InChI=1S/C13H16FNO3S/c14-9-1-3-10(4-2-9)19-6-5-13(18)15-7-11(16)12(17)8-15/h1-4,11-12,16-17H,5-8H2/t11-,12+. The Kier molecular flexibility index (Phi) is 4.79. The minimum absolute atomic E-state index is 0.0785. The number of hydrogen-bond acceptors (Lipinski definition) is 4. The molecule has 4 nitrogen and oxygen atoms in total. The van der Waals surface area contributed by atoms with E-state index in [0.717, 1.165) is 4.90 Å². The maximum absolute atomic E-state index is 12.7. The molecule has 19 heavy (non-hydrogen) atoms. The average Bonchev–Trinajstić information content (AvgIpc) is 2.72. The highest BCUT2D eigenvalue weighted by Gasteiger charge is 2.31. The molecule has 1 aromatic rings. The highest BCUT2D eigenvalue weighted by molar-refractivity contribution is 7.99. The van der Waals surface area contributed by atoms with Gasteiger partial charge in [-0.3, -0.25) is 4.79 Å². The van der Waals surface area contributed by atoms with Gasteiger partial charge in [0.25, 0.3) is 0 Å². The summed E-state index contributed by atoms with van der Waals surface area (Å²) < 4.78 is 12.7. The Bertz CT molecular complexity index is 430. The molecule has 2 rings (SSSR count). The summed E-state index contributed by atoms with van der Waals surface area (Å²) in [5.41, 5.74) is 0. The van der Waals surface area contributed by atoms with Gasteiger partial charge in [0.15, 0.2) is 0 Å². The largest absolute Gasteiger partial charge is 0.388 e. The number of benzene rings is 1. The van der Waals surface area contributed by atoms with Crippen molar-refractivity contribution in [1.29, 1.82) is 0 Å². The predicted octanol–water partition coefficient (Wildman–Crippen LogP) is 0.872. The van der Waals surface area contributed by atoms with Crippen LogP contribution >= 0.6 is 11.8 Å². The molecule has 1 saturated heterocycles. The van der Waals surface area contributed by atoms with Crippen LogP contribution < -0.4 is 0 Å². The van der Waals surface area contributed by atoms with E-state index in [0.29, 0.717) is 12.2 Å². The van der Waals surface area contributed by atoms with Crippen molar-refractivity contribution in [3.05, 3.63) is 30.1 Å². The molecule has 0 saturated carbocycles. The Morgan fingerprint density at radius 1 is 1.26 bits per heavy atom. The van der Waals surface area contributed by atoms with E-state index in [1.165, 1.54) is 28.8 Å². The van der Waals surface area contributed by atoms with E-state index in [4.69, 9.17) is 0 Å². The molecule has 0 bridgehead atoms. The zero-order valence-electron chi connectivity index (χ0n) is 10.3. The molecule has 0 aromatic heterocycles. The molecule has 1 heterocycles. The van der Waals surface area contributed by atoms with E-state index >= 15 is 0 Å². The molecule has 2 atom stereocenters. The summed E-state index contributed by atoms with van der Waals surface area (Å²) >= 11 is 1.48. The second kappa shape index (κ2) is 6.36. The SMILES string of the molecule is O=C(CCSc1ccc(F)cc1)N1C[C@@H](O)[C@@H](O)C1. The molecular formula is C13H16FNO3S. The lowest BCUT2D eigenvalue weighted by Gasteiger charge is -2.14. The average molecular weight is 285 g/mol. The maximum Gasteiger partial charge on any atom is 0.223 e. The molecule has 0 radical (unpaired) electrons. The number of nitrogens with zero attached hydrogens (tertiary/aromatic N) is 1. The van der Waals surface area contributed by atoms with Crippen molar-refractivity contribution in [3.8, 4) is 0 Å². The first-order valence-corrected chi connectivity index (χ1v) is 7.07. The van der Waals surface area contributed by atoms with E-state index in [2.05, 4.69) is 0 Å². The van der Waals surface area contributed by atoms with E-state index in [-0.39, 0.29) is 24.8 Å². The van der Waals surface area contributed by atoms with Crippen LogP contribution in [0.5, 0.6) is 0 Å². The lowest BCUT2D eigenvalue weighted by atomic mass is 10.3. The molecule has 1 aliphatic rings. The number of aliphatic hydroxyl groups excluding tert-OH is 2. The molecule has 104 valence electrons. The first-order valence-electron chi connectivity index (χ1n) is 6.08. The minimum Gasteiger partial charge on any atom is -0.388 e. The van der Waals surface area contributed by atoms with Crippen LogP contribution in [0.15, 0.2) is 29.2 Å². The van der Waals surface area contributed by atoms with E-state index in [9.17, 15) is 19.4 Å². The summed E-state index contributed by atoms with van der Waals surface area (Å²) in [6, 6.07) is 6.12. The molecule has 0 unspecified atom stereocenters. The molecule has 6 heteroatoms. The van der Waals surface area contributed by atoms with Crippen molar-refractivity contribution < 1.29 is 19.4 Å². The van der Waals surface area contributed by atoms with Crippen molar-refractivity contribution in [3.63, 3.8) is 0 Å². The van der Waals surface area contributed by atoms with Crippen LogP contribution in [0.4, 0.5) is 4.39 Å². The Balaban J connectivity index is 1.74. The fraction of sp³-hybridized carbons (Fsp3) is 0.462. The van der Waals surface area contributed by atoms with Crippen LogP contribution in [0, 0.1) is 5.82 Å². The first-order chi connectivity index (χ1) is 9.06. The predicted molar refractivity (Wildman–Crippen MR) is 70.3 cm³/mol. The molecule has 1 amide bonds. The smallest absolute Gasteiger partial charge is 0.223 e. The van der Waals surface area contributed by atoms with Crippen LogP contribution in [-0.4, -0.2) is 52.1 Å². The van der Waals surface area contributed by atoms with Gasteiger partial charge in [0.1, 0.15) is 5.82 Å². The van der Waals surface area contributed by atoms with Gasteiger partial charge in [-0.25, -0.2) is 4.39 Å². The third kappa shape index (κ3) is 3.92. The quantitative estimate of drug-likeness (QED) is 0.806. The zero-order valence-corrected chi connectivity index (χ0v) is 11.1. The van der Waals surface area contributed by atoms with E-state index in [1.54, 1.807) is 12.1 Å². The molecule has 0 aliphatic carbocycles. The summed E-state index contributed by atoms with van der Waals surface area (Å²) in [5.74, 6) is 0.235. The summed E-state index contributed by atoms with van der Waals surface area (Å²) in [4.78, 5) is 14.2. The number of amides is 1. The van der Waals surface area contributed by atoms with Crippen LogP contribution in [-0.2, 0) is 4.79 Å². The van der Waals surface area contributed by atoms with Gasteiger partial charge in [-0.05, 0) is 24.3 Å². The Hall–Kier alpha value is -1.11. The van der Waals surface area contributed by atoms with Gasteiger partial charge in [0, 0.05) is 30.2 Å². The van der Waals surface area contributed by atoms with Gasteiger partial charge >= 0.3 is 0 Å². The van der Waals surface area contributed by atoms with Crippen molar-refractivity contribution >= 4 is 17.7 Å². The number of β-amino-alcohol motifs (C(OH)–C–C–N with tert-alkyl or cyclic N) is 2. The third-order valence-electron chi connectivity index (χ3n) is 3.01. The Labute approximate surface area is 115 Å². The monoisotopic (exact) mass is 285 g/mol. The number of hydrogen-bond donors (Lipinski definition) is 2. The van der Waals surface area contributed by atoms with Crippen LogP contribution in [0.25, 0.3) is 0 Å². The van der Waals surface area contributed by atoms with Gasteiger partial charge < -0.3 is 15.1 Å². The molecular weight excluding hydrogens is 269 g/mol. The molecule has 1 fully saturated rings. The van der Waals surface area contributed by atoms with Crippen molar-refractivity contribution in [2.24, 2.45) is 0 Å². The Morgan fingerprint density at radius 2 is 1.84 bits per heavy atom. The van der Waals surface area contributed by atoms with E-state index < -0.39 is 12.2 Å². The number of halogens is 1. The topological polar surface area (TPSA) is 60.8 Å². The third-order valence-corrected chi connectivity index (χ3v) is 4.02. The number of rotatable bonds is 4. The first kappa shape index (κ1) is 14.3. The van der Waals surface area contributed by atoms with Gasteiger partial charge in [-0.15, -0.1) is 11.8 Å².